The lowest BCUT2D eigenvalue weighted by Gasteiger charge is -2.14. The van der Waals surface area contributed by atoms with Crippen molar-refractivity contribution >= 4 is 12.4 Å². The van der Waals surface area contributed by atoms with E-state index >= 15 is 0 Å². The molecule has 0 aliphatic rings. The van der Waals surface area contributed by atoms with E-state index < -0.39 is 0 Å². The molecule has 0 bridgehead atoms. The number of benzene rings is 3. The minimum atomic E-state index is -0.229. The maximum atomic E-state index is 13.0. The van der Waals surface area contributed by atoms with E-state index in [9.17, 15) is 4.39 Å². The van der Waals surface area contributed by atoms with Crippen molar-refractivity contribution in [2.24, 2.45) is 0 Å². The molecule has 0 radical (unpaired) electrons. The second-order valence-electron chi connectivity index (χ2n) is 6.87. The predicted molar refractivity (Wildman–Crippen MR) is 115 cm³/mol. The highest BCUT2D eigenvalue weighted by molar-refractivity contribution is 5.85. The molecular weight excluding hydrogens is 373 g/mol. The normalized spacial score (nSPS) is 11.5. The summed E-state index contributed by atoms with van der Waals surface area (Å²) in [7, 11) is 0. The highest BCUT2D eigenvalue weighted by Gasteiger charge is 2.04. The minimum Gasteiger partial charge on any atom is -0.489 e. The molecule has 2 nitrogen and oxygen atoms in total. The number of hydrogen-bond acceptors (Lipinski definition) is 2. The first-order chi connectivity index (χ1) is 13.2. The van der Waals surface area contributed by atoms with Crippen LogP contribution < -0.4 is 10.1 Å². The first kappa shape index (κ1) is 21.9. The van der Waals surface area contributed by atoms with Gasteiger partial charge in [-0.2, -0.15) is 0 Å². The zero-order valence-corrected chi connectivity index (χ0v) is 16.9. The van der Waals surface area contributed by atoms with Gasteiger partial charge in [0.15, 0.2) is 0 Å². The zero-order chi connectivity index (χ0) is 18.9. The van der Waals surface area contributed by atoms with Gasteiger partial charge in [0.25, 0.3) is 0 Å². The zero-order valence-electron chi connectivity index (χ0n) is 16.1. The van der Waals surface area contributed by atoms with E-state index in [1.165, 1.54) is 23.3 Å². The molecule has 1 atom stereocenters. The molecule has 0 fully saturated rings. The number of nitrogens with one attached hydrogen (secondary N) is 1. The Morgan fingerprint density at radius 2 is 1.57 bits per heavy atom. The molecule has 0 aliphatic carbocycles. The van der Waals surface area contributed by atoms with Crippen LogP contribution in [0.5, 0.6) is 5.75 Å². The molecular formula is C24H27ClFNO. The molecule has 0 aliphatic heterocycles. The Morgan fingerprint density at radius 1 is 0.857 bits per heavy atom. The lowest BCUT2D eigenvalue weighted by Crippen LogP contribution is -2.25. The quantitative estimate of drug-likeness (QED) is 0.481. The average Bonchev–Trinajstić information content (AvgIpc) is 2.71. The van der Waals surface area contributed by atoms with E-state index in [4.69, 9.17) is 4.74 Å². The number of rotatable bonds is 9. The molecule has 0 saturated heterocycles. The lowest BCUT2D eigenvalue weighted by molar-refractivity contribution is 0.305. The third-order valence-electron chi connectivity index (χ3n) is 4.58. The minimum absolute atomic E-state index is 0. The Kier molecular flexibility index (Phi) is 8.99. The summed E-state index contributed by atoms with van der Waals surface area (Å²) >= 11 is 0. The molecule has 0 saturated carbocycles. The maximum Gasteiger partial charge on any atom is 0.123 e. The van der Waals surface area contributed by atoms with Gasteiger partial charge in [-0.1, -0.05) is 54.6 Å². The number of hydrogen-bond donors (Lipinski definition) is 1. The van der Waals surface area contributed by atoms with Crippen molar-refractivity contribution in [2.45, 2.75) is 39.0 Å². The molecule has 3 rings (SSSR count). The summed E-state index contributed by atoms with van der Waals surface area (Å²) in [6.45, 7) is 3.46. The van der Waals surface area contributed by atoms with Crippen LogP contribution in [-0.2, 0) is 19.6 Å². The van der Waals surface area contributed by atoms with E-state index in [1.54, 1.807) is 12.1 Å². The van der Waals surface area contributed by atoms with Crippen LogP contribution in [0.1, 0.15) is 30.0 Å². The van der Waals surface area contributed by atoms with Crippen LogP contribution in [0.25, 0.3) is 0 Å². The maximum absolute atomic E-state index is 13.0. The van der Waals surface area contributed by atoms with Gasteiger partial charge >= 0.3 is 0 Å². The highest BCUT2D eigenvalue weighted by Crippen LogP contribution is 2.16. The van der Waals surface area contributed by atoms with Crippen LogP contribution in [0.15, 0.2) is 78.9 Å². The van der Waals surface area contributed by atoms with Crippen LogP contribution in [-0.4, -0.2) is 6.04 Å². The van der Waals surface area contributed by atoms with E-state index in [-0.39, 0.29) is 18.2 Å². The Labute approximate surface area is 173 Å². The van der Waals surface area contributed by atoms with Crippen LogP contribution in [0.4, 0.5) is 4.39 Å². The summed E-state index contributed by atoms with van der Waals surface area (Å²) in [5, 5.41) is 3.58. The third-order valence-corrected chi connectivity index (χ3v) is 4.58. The predicted octanol–water partition coefficient (Wildman–Crippen LogP) is 5.94. The highest BCUT2D eigenvalue weighted by atomic mass is 35.5. The van der Waals surface area contributed by atoms with Crippen molar-refractivity contribution in [3.8, 4) is 5.75 Å². The fourth-order valence-corrected chi connectivity index (χ4v) is 2.91. The van der Waals surface area contributed by atoms with Gasteiger partial charge in [0.1, 0.15) is 18.2 Å². The van der Waals surface area contributed by atoms with Gasteiger partial charge < -0.3 is 10.1 Å². The van der Waals surface area contributed by atoms with Crippen LogP contribution in [0.3, 0.4) is 0 Å². The molecule has 0 amide bonds. The van der Waals surface area contributed by atoms with Gasteiger partial charge in [0.2, 0.25) is 0 Å². The fraction of sp³-hybridized carbons (Fsp3) is 0.250. The Balaban J connectivity index is 0.00000280. The van der Waals surface area contributed by atoms with Crippen molar-refractivity contribution < 1.29 is 9.13 Å². The molecule has 28 heavy (non-hydrogen) atoms. The standard InChI is InChI=1S/C24H26FNO.ClH/c1-19(10-11-20-6-3-2-4-7-20)26-17-22-8-5-9-24(16-22)27-18-21-12-14-23(25)15-13-21;/h2-9,12-16,19,26H,10-11,17-18H2,1H3;1H. The number of ether oxygens (including phenoxy) is 1. The summed E-state index contributed by atoms with van der Waals surface area (Å²) in [5.74, 6) is 0.601. The van der Waals surface area contributed by atoms with E-state index in [2.05, 4.69) is 54.7 Å². The van der Waals surface area contributed by atoms with E-state index in [0.29, 0.717) is 12.6 Å². The molecule has 1 N–H and O–H groups in total. The van der Waals surface area contributed by atoms with Crippen molar-refractivity contribution in [2.75, 3.05) is 0 Å². The van der Waals surface area contributed by atoms with Gasteiger partial charge in [-0.05, 0) is 60.7 Å². The topological polar surface area (TPSA) is 21.3 Å². The molecule has 148 valence electrons. The largest absolute Gasteiger partial charge is 0.489 e. The van der Waals surface area contributed by atoms with Crippen molar-refractivity contribution in [3.63, 3.8) is 0 Å². The second kappa shape index (κ2) is 11.5. The van der Waals surface area contributed by atoms with Gasteiger partial charge in [0.05, 0.1) is 0 Å². The van der Waals surface area contributed by atoms with Crippen molar-refractivity contribution in [1.82, 2.24) is 5.32 Å². The summed E-state index contributed by atoms with van der Waals surface area (Å²) < 4.78 is 18.8. The monoisotopic (exact) mass is 399 g/mol. The second-order valence-corrected chi connectivity index (χ2v) is 6.87. The van der Waals surface area contributed by atoms with Gasteiger partial charge in [-0.3, -0.25) is 0 Å². The Hall–Kier alpha value is -2.36. The van der Waals surface area contributed by atoms with Crippen LogP contribution in [0.2, 0.25) is 0 Å². The molecule has 0 heterocycles. The van der Waals surface area contributed by atoms with E-state index in [1.807, 2.05) is 12.1 Å². The molecule has 0 aromatic heterocycles. The smallest absolute Gasteiger partial charge is 0.123 e. The molecule has 0 spiro atoms. The van der Waals surface area contributed by atoms with Gasteiger partial charge in [-0.15, -0.1) is 12.4 Å². The summed E-state index contributed by atoms with van der Waals surface area (Å²) in [4.78, 5) is 0. The first-order valence-electron chi connectivity index (χ1n) is 9.42. The summed E-state index contributed by atoms with van der Waals surface area (Å²) in [5.41, 5.74) is 3.52. The number of halogens is 2. The molecule has 4 heteroatoms. The summed E-state index contributed by atoms with van der Waals surface area (Å²) in [6.07, 6.45) is 2.18. The van der Waals surface area contributed by atoms with Gasteiger partial charge in [0, 0.05) is 12.6 Å². The molecule has 3 aromatic rings. The Morgan fingerprint density at radius 3 is 2.32 bits per heavy atom. The van der Waals surface area contributed by atoms with Crippen LogP contribution in [0, 0.1) is 5.82 Å². The van der Waals surface area contributed by atoms with E-state index in [0.717, 1.165) is 30.7 Å². The Bertz CT molecular complexity index is 824. The van der Waals surface area contributed by atoms with Crippen LogP contribution >= 0.6 is 12.4 Å². The number of aryl methyl sites for hydroxylation is 1. The fourth-order valence-electron chi connectivity index (χ4n) is 2.91. The molecule has 3 aromatic carbocycles. The molecule has 1 unspecified atom stereocenters. The van der Waals surface area contributed by atoms with Crippen molar-refractivity contribution in [1.29, 1.82) is 0 Å². The van der Waals surface area contributed by atoms with Crippen molar-refractivity contribution in [3.05, 3.63) is 101 Å². The third kappa shape index (κ3) is 7.34. The SMILES string of the molecule is CC(CCc1ccccc1)NCc1cccc(OCc2ccc(F)cc2)c1.Cl. The lowest BCUT2D eigenvalue weighted by atomic mass is 10.1. The average molecular weight is 400 g/mol. The summed E-state index contributed by atoms with van der Waals surface area (Å²) in [6, 6.07) is 25.5. The first-order valence-corrected chi connectivity index (χ1v) is 9.42. The van der Waals surface area contributed by atoms with Gasteiger partial charge in [-0.25, -0.2) is 4.39 Å².